The van der Waals surface area contributed by atoms with Crippen LogP contribution in [-0.4, -0.2) is 25.8 Å². The molecule has 0 fully saturated rings. The smallest absolute Gasteiger partial charge is 0.336 e. The third kappa shape index (κ3) is 1.80. The highest BCUT2D eigenvalue weighted by molar-refractivity contribution is 5.97. The zero-order valence-electron chi connectivity index (χ0n) is 9.93. The third-order valence-corrected chi connectivity index (χ3v) is 2.77. The van der Waals surface area contributed by atoms with Crippen molar-refractivity contribution in [2.75, 3.05) is 0 Å². The van der Waals surface area contributed by atoms with Gasteiger partial charge >= 0.3 is 5.97 Å². The minimum Gasteiger partial charge on any atom is -0.478 e. The van der Waals surface area contributed by atoms with Crippen molar-refractivity contribution in [3.63, 3.8) is 0 Å². The van der Waals surface area contributed by atoms with Gasteiger partial charge in [0.1, 0.15) is 6.33 Å². The molecule has 0 spiro atoms. The SMILES string of the molecule is Cc1ccc(C)c(-c2ncnn2C)c1C(=O)O. The van der Waals surface area contributed by atoms with Crippen LogP contribution in [0.4, 0.5) is 0 Å². The first-order valence-corrected chi connectivity index (χ1v) is 5.20. The van der Waals surface area contributed by atoms with E-state index in [1.165, 1.54) is 6.33 Å². The van der Waals surface area contributed by atoms with E-state index < -0.39 is 5.97 Å². The Balaban J connectivity index is 2.81. The molecule has 0 bridgehead atoms. The number of rotatable bonds is 2. The molecule has 2 rings (SSSR count). The van der Waals surface area contributed by atoms with Gasteiger partial charge in [-0.05, 0) is 25.0 Å². The minimum absolute atomic E-state index is 0.293. The monoisotopic (exact) mass is 231 g/mol. The Kier molecular flexibility index (Phi) is 2.67. The molecule has 0 saturated heterocycles. The fourth-order valence-corrected chi connectivity index (χ4v) is 1.90. The Morgan fingerprint density at radius 3 is 2.47 bits per heavy atom. The van der Waals surface area contributed by atoms with Gasteiger partial charge in [-0.15, -0.1) is 0 Å². The molecule has 1 aromatic carbocycles. The van der Waals surface area contributed by atoms with E-state index in [0.29, 0.717) is 17.0 Å². The molecule has 5 heteroatoms. The summed E-state index contributed by atoms with van der Waals surface area (Å²) in [6.07, 6.45) is 1.42. The number of aryl methyl sites for hydroxylation is 3. The Hall–Kier alpha value is -2.17. The highest BCUT2D eigenvalue weighted by Crippen LogP contribution is 2.27. The molecular weight excluding hydrogens is 218 g/mol. The van der Waals surface area contributed by atoms with Gasteiger partial charge in [-0.25, -0.2) is 14.5 Å². The van der Waals surface area contributed by atoms with Gasteiger partial charge in [0.2, 0.25) is 0 Å². The van der Waals surface area contributed by atoms with Crippen molar-refractivity contribution in [2.24, 2.45) is 7.05 Å². The fraction of sp³-hybridized carbons (Fsp3) is 0.250. The van der Waals surface area contributed by atoms with Crippen LogP contribution in [-0.2, 0) is 7.05 Å². The fourth-order valence-electron chi connectivity index (χ4n) is 1.90. The average Bonchev–Trinajstić information content (AvgIpc) is 2.67. The Morgan fingerprint density at radius 2 is 1.94 bits per heavy atom. The maximum absolute atomic E-state index is 11.3. The number of carboxylic acids is 1. The zero-order valence-corrected chi connectivity index (χ0v) is 9.93. The van der Waals surface area contributed by atoms with Crippen LogP contribution in [0.2, 0.25) is 0 Å². The van der Waals surface area contributed by atoms with Crippen LogP contribution in [0.15, 0.2) is 18.5 Å². The molecule has 1 aromatic heterocycles. The summed E-state index contributed by atoms with van der Waals surface area (Å²) < 4.78 is 1.58. The summed E-state index contributed by atoms with van der Waals surface area (Å²) >= 11 is 0. The predicted octanol–water partition coefficient (Wildman–Crippen LogP) is 1.80. The lowest BCUT2D eigenvalue weighted by atomic mass is 9.96. The molecule has 0 unspecified atom stereocenters. The molecule has 1 N–H and O–H groups in total. The number of aromatic nitrogens is 3. The summed E-state index contributed by atoms with van der Waals surface area (Å²) in [7, 11) is 1.75. The Labute approximate surface area is 98.7 Å². The number of carboxylic acid groups (broad SMARTS) is 1. The third-order valence-electron chi connectivity index (χ3n) is 2.77. The van der Waals surface area contributed by atoms with E-state index in [-0.39, 0.29) is 0 Å². The summed E-state index contributed by atoms with van der Waals surface area (Å²) in [5.41, 5.74) is 2.53. The van der Waals surface area contributed by atoms with E-state index in [2.05, 4.69) is 10.1 Å². The number of benzene rings is 1. The summed E-state index contributed by atoms with van der Waals surface area (Å²) in [6.45, 7) is 3.65. The molecule has 1 heterocycles. The minimum atomic E-state index is -0.941. The van der Waals surface area contributed by atoms with Crippen molar-refractivity contribution in [1.82, 2.24) is 14.8 Å². The van der Waals surface area contributed by atoms with Gasteiger partial charge in [0, 0.05) is 12.6 Å². The van der Waals surface area contributed by atoms with Crippen molar-refractivity contribution in [2.45, 2.75) is 13.8 Å². The van der Waals surface area contributed by atoms with Crippen molar-refractivity contribution in [3.8, 4) is 11.4 Å². The summed E-state index contributed by atoms with van der Waals surface area (Å²) in [5, 5.41) is 13.3. The first kappa shape index (κ1) is 11.3. The highest BCUT2D eigenvalue weighted by Gasteiger charge is 2.19. The number of nitrogens with zero attached hydrogens (tertiary/aromatic N) is 3. The van der Waals surface area contributed by atoms with Gasteiger partial charge in [-0.1, -0.05) is 12.1 Å². The van der Waals surface area contributed by atoms with Crippen molar-refractivity contribution >= 4 is 5.97 Å². The lowest BCUT2D eigenvalue weighted by molar-refractivity contribution is 0.0697. The predicted molar refractivity (Wildman–Crippen MR) is 62.9 cm³/mol. The molecule has 0 aliphatic carbocycles. The standard InChI is InChI=1S/C12H13N3O2/c1-7-4-5-8(2)10(12(16)17)9(7)11-13-6-14-15(11)3/h4-6H,1-3H3,(H,16,17). The van der Waals surface area contributed by atoms with Crippen LogP contribution in [0.5, 0.6) is 0 Å². The topological polar surface area (TPSA) is 68.0 Å². The van der Waals surface area contributed by atoms with E-state index in [4.69, 9.17) is 0 Å². The lowest BCUT2D eigenvalue weighted by Gasteiger charge is -2.11. The molecule has 0 aliphatic rings. The van der Waals surface area contributed by atoms with Crippen molar-refractivity contribution < 1.29 is 9.90 Å². The summed E-state index contributed by atoms with van der Waals surface area (Å²) in [5.74, 6) is -0.368. The van der Waals surface area contributed by atoms with Gasteiger partial charge in [-0.2, -0.15) is 5.10 Å². The molecule has 17 heavy (non-hydrogen) atoms. The lowest BCUT2D eigenvalue weighted by Crippen LogP contribution is -2.07. The molecule has 5 nitrogen and oxygen atoms in total. The number of carbonyl (C=O) groups is 1. The second-order valence-electron chi connectivity index (χ2n) is 3.96. The average molecular weight is 231 g/mol. The van der Waals surface area contributed by atoms with E-state index >= 15 is 0 Å². The maximum Gasteiger partial charge on any atom is 0.336 e. The van der Waals surface area contributed by atoms with E-state index in [1.54, 1.807) is 24.7 Å². The van der Waals surface area contributed by atoms with Crippen molar-refractivity contribution in [1.29, 1.82) is 0 Å². The number of aromatic carboxylic acids is 1. The molecule has 88 valence electrons. The van der Waals surface area contributed by atoms with Crippen LogP contribution in [0, 0.1) is 13.8 Å². The first-order chi connectivity index (χ1) is 8.02. The zero-order chi connectivity index (χ0) is 12.6. The Bertz CT molecular complexity index is 587. The van der Waals surface area contributed by atoms with Crippen molar-refractivity contribution in [3.05, 3.63) is 35.2 Å². The summed E-state index contributed by atoms with van der Waals surface area (Å²) in [6, 6.07) is 3.70. The molecule has 0 aliphatic heterocycles. The number of hydrogen-bond acceptors (Lipinski definition) is 3. The van der Waals surface area contributed by atoms with Gasteiger partial charge in [0.05, 0.1) is 5.56 Å². The Morgan fingerprint density at radius 1 is 1.29 bits per heavy atom. The first-order valence-electron chi connectivity index (χ1n) is 5.20. The summed E-state index contributed by atoms with van der Waals surface area (Å²) in [4.78, 5) is 15.5. The number of hydrogen-bond donors (Lipinski definition) is 1. The van der Waals surface area contributed by atoms with E-state index in [9.17, 15) is 9.90 Å². The van der Waals surface area contributed by atoms with Gasteiger partial charge in [0.15, 0.2) is 5.82 Å². The second kappa shape index (κ2) is 4.01. The quantitative estimate of drug-likeness (QED) is 0.855. The van der Waals surface area contributed by atoms with Crippen LogP contribution in [0.25, 0.3) is 11.4 Å². The normalized spacial score (nSPS) is 10.5. The van der Waals surface area contributed by atoms with Crippen LogP contribution >= 0.6 is 0 Å². The molecule has 0 saturated carbocycles. The van der Waals surface area contributed by atoms with E-state index in [1.807, 2.05) is 13.0 Å². The second-order valence-corrected chi connectivity index (χ2v) is 3.96. The van der Waals surface area contributed by atoms with Gasteiger partial charge < -0.3 is 5.11 Å². The highest BCUT2D eigenvalue weighted by atomic mass is 16.4. The molecular formula is C12H13N3O2. The maximum atomic E-state index is 11.3. The van der Waals surface area contributed by atoms with Crippen LogP contribution < -0.4 is 0 Å². The molecule has 0 amide bonds. The molecule has 0 radical (unpaired) electrons. The van der Waals surface area contributed by atoms with Crippen LogP contribution in [0.1, 0.15) is 21.5 Å². The largest absolute Gasteiger partial charge is 0.478 e. The van der Waals surface area contributed by atoms with Crippen LogP contribution in [0.3, 0.4) is 0 Å². The molecule has 2 aromatic rings. The van der Waals surface area contributed by atoms with Gasteiger partial charge in [-0.3, -0.25) is 0 Å². The van der Waals surface area contributed by atoms with Gasteiger partial charge in [0.25, 0.3) is 0 Å². The van der Waals surface area contributed by atoms with E-state index in [0.717, 1.165) is 11.1 Å². The molecule has 0 atom stereocenters.